The SMILES string of the molecule is Nc1nc(C(=O)N2Cc3ccccc3C2)c2cc(-c3ccccc3CNCC3CC3)ccc2n1. The Kier molecular flexibility index (Phi) is 5.23. The van der Waals surface area contributed by atoms with E-state index in [4.69, 9.17) is 5.73 Å². The predicted octanol–water partition coefficient (Wildman–Crippen LogP) is 4.53. The normalized spacial score (nSPS) is 15.0. The summed E-state index contributed by atoms with van der Waals surface area (Å²) in [4.78, 5) is 24.2. The van der Waals surface area contributed by atoms with Gasteiger partial charge in [-0.05, 0) is 65.3 Å². The van der Waals surface area contributed by atoms with Crippen molar-refractivity contribution in [3.8, 4) is 11.1 Å². The fraction of sp³-hybridized carbons (Fsp3) is 0.250. The number of carbonyl (C=O) groups excluding carboxylic acids is 1. The van der Waals surface area contributed by atoms with Crippen molar-refractivity contribution < 1.29 is 4.79 Å². The monoisotopic (exact) mass is 449 g/mol. The van der Waals surface area contributed by atoms with Crippen LogP contribution in [-0.4, -0.2) is 27.3 Å². The summed E-state index contributed by atoms with van der Waals surface area (Å²) < 4.78 is 0. The van der Waals surface area contributed by atoms with Crippen molar-refractivity contribution in [1.29, 1.82) is 0 Å². The van der Waals surface area contributed by atoms with Crippen molar-refractivity contribution in [3.05, 3.63) is 89.1 Å². The Balaban J connectivity index is 1.35. The van der Waals surface area contributed by atoms with E-state index in [-0.39, 0.29) is 11.9 Å². The van der Waals surface area contributed by atoms with Crippen LogP contribution in [0.1, 0.15) is 40.0 Å². The molecule has 2 heterocycles. The molecule has 1 aliphatic carbocycles. The van der Waals surface area contributed by atoms with Gasteiger partial charge in [0, 0.05) is 25.0 Å². The van der Waals surface area contributed by atoms with Crippen molar-refractivity contribution >= 4 is 22.8 Å². The summed E-state index contributed by atoms with van der Waals surface area (Å²) in [5, 5.41) is 4.32. The number of carbonyl (C=O) groups is 1. The zero-order chi connectivity index (χ0) is 23.1. The van der Waals surface area contributed by atoms with E-state index in [1.54, 1.807) is 0 Å². The van der Waals surface area contributed by atoms with Crippen LogP contribution in [0.25, 0.3) is 22.0 Å². The molecule has 2 aliphatic rings. The van der Waals surface area contributed by atoms with E-state index in [9.17, 15) is 4.79 Å². The molecule has 0 saturated heterocycles. The molecule has 3 N–H and O–H groups in total. The lowest BCUT2D eigenvalue weighted by Crippen LogP contribution is -2.27. The van der Waals surface area contributed by atoms with E-state index in [1.807, 2.05) is 29.2 Å². The maximum atomic E-state index is 13.6. The molecule has 6 heteroatoms. The average molecular weight is 450 g/mol. The Morgan fingerprint density at radius 2 is 1.71 bits per heavy atom. The summed E-state index contributed by atoms with van der Waals surface area (Å²) in [5.74, 6) is 0.831. The Labute approximate surface area is 198 Å². The van der Waals surface area contributed by atoms with Crippen LogP contribution in [0.3, 0.4) is 0 Å². The molecule has 1 saturated carbocycles. The first-order chi connectivity index (χ1) is 16.7. The van der Waals surface area contributed by atoms with Crippen molar-refractivity contribution in [1.82, 2.24) is 20.2 Å². The highest BCUT2D eigenvalue weighted by Crippen LogP contribution is 2.31. The Morgan fingerprint density at radius 3 is 2.47 bits per heavy atom. The molecule has 0 spiro atoms. The van der Waals surface area contributed by atoms with Crippen LogP contribution < -0.4 is 11.1 Å². The van der Waals surface area contributed by atoms with E-state index in [0.717, 1.165) is 35.5 Å². The highest BCUT2D eigenvalue weighted by molar-refractivity contribution is 6.05. The number of nitrogens with zero attached hydrogens (tertiary/aromatic N) is 3. The fourth-order valence-corrected chi connectivity index (χ4v) is 4.79. The zero-order valence-corrected chi connectivity index (χ0v) is 19.0. The molecule has 6 rings (SSSR count). The van der Waals surface area contributed by atoms with Gasteiger partial charge in [-0.15, -0.1) is 0 Å². The largest absolute Gasteiger partial charge is 0.368 e. The van der Waals surface area contributed by atoms with E-state index in [1.165, 1.54) is 29.5 Å². The number of fused-ring (bicyclic) bond motifs is 2. The lowest BCUT2D eigenvalue weighted by molar-refractivity contribution is 0.0747. The summed E-state index contributed by atoms with van der Waals surface area (Å²) >= 11 is 0. The molecule has 1 aliphatic heterocycles. The molecule has 0 radical (unpaired) electrons. The Hall–Kier alpha value is -3.77. The smallest absolute Gasteiger partial charge is 0.273 e. The Morgan fingerprint density at radius 1 is 0.971 bits per heavy atom. The minimum absolute atomic E-state index is 0.116. The number of nitrogens with one attached hydrogen (secondary N) is 1. The van der Waals surface area contributed by atoms with E-state index >= 15 is 0 Å². The standard InChI is InChI=1S/C28H27N5O/c29-28-31-25-12-11-19(23-8-4-3-5-20(23)15-30-14-18-9-10-18)13-24(25)26(32-28)27(34)33-16-21-6-1-2-7-22(21)17-33/h1-8,11-13,18,30H,9-10,14-17H2,(H2,29,31,32). The second-order valence-corrected chi connectivity index (χ2v) is 9.32. The quantitative estimate of drug-likeness (QED) is 0.452. The molecular formula is C28H27N5O. The van der Waals surface area contributed by atoms with Crippen LogP contribution in [0.4, 0.5) is 5.95 Å². The van der Waals surface area contributed by atoms with Crippen LogP contribution >= 0.6 is 0 Å². The fourth-order valence-electron chi connectivity index (χ4n) is 4.79. The van der Waals surface area contributed by atoms with Gasteiger partial charge in [-0.25, -0.2) is 9.97 Å². The molecule has 4 aromatic rings. The summed E-state index contributed by atoms with van der Waals surface area (Å²) in [6.07, 6.45) is 2.67. The lowest BCUT2D eigenvalue weighted by atomic mass is 9.97. The summed E-state index contributed by atoms with van der Waals surface area (Å²) in [6.45, 7) is 3.04. The van der Waals surface area contributed by atoms with Crippen molar-refractivity contribution in [2.75, 3.05) is 12.3 Å². The van der Waals surface area contributed by atoms with Crippen LogP contribution in [-0.2, 0) is 19.6 Å². The van der Waals surface area contributed by atoms with Crippen LogP contribution in [0, 0.1) is 5.92 Å². The average Bonchev–Trinajstić information content (AvgIpc) is 3.58. The summed E-state index contributed by atoms with van der Waals surface area (Å²) in [6, 6.07) is 22.6. The molecule has 0 atom stereocenters. The Bertz CT molecular complexity index is 1370. The van der Waals surface area contributed by atoms with Crippen molar-refractivity contribution in [3.63, 3.8) is 0 Å². The molecule has 1 fully saturated rings. The zero-order valence-electron chi connectivity index (χ0n) is 19.0. The third-order valence-corrected chi connectivity index (χ3v) is 6.82. The number of amides is 1. The van der Waals surface area contributed by atoms with Crippen LogP contribution in [0.2, 0.25) is 0 Å². The number of hydrogen-bond donors (Lipinski definition) is 2. The second kappa shape index (κ2) is 8.54. The molecule has 170 valence electrons. The van der Waals surface area contributed by atoms with Gasteiger partial charge in [0.1, 0.15) is 5.69 Å². The maximum absolute atomic E-state index is 13.6. The van der Waals surface area contributed by atoms with Crippen molar-refractivity contribution in [2.24, 2.45) is 5.92 Å². The molecule has 3 aromatic carbocycles. The molecular weight excluding hydrogens is 422 g/mol. The first-order valence-electron chi connectivity index (χ1n) is 11.9. The van der Waals surface area contributed by atoms with Gasteiger partial charge >= 0.3 is 0 Å². The topological polar surface area (TPSA) is 84.1 Å². The number of rotatable bonds is 6. The number of nitrogen functional groups attached to an aromatic ring is 1. The van der Waals surface area contributed by atoms with Gasteiger partial charge < -0.3 is 16.0 Å². The highest BCUT2D eigenvalue weighted by atomic mass is 16.2. The third-order valence-electron chi connectivity index (χ3n) is 6.82. The van der Waals surface area contributed by atoms with E-state index < -0.39 is 0 Å². The molecule has 6 nitrogen and oxygen atoms in total. The molecule has 1 amide bonds. The number of anilines is 1. The summed E-state index contributed by atoms with van der Waals surface area (Å²) in [5.41, 5.74) is 12.8. The van der Waals surface area contributed by atoms with Gasteiger partial charge in [-0.1, -0.05) is 54.6 Å². The molecule has 1 aromatic heterocycles. The van der Waals surface area contributed by atoms with Crippen LogP contribution in [0.5, 0.6) is 0 Å². The molecule has 0 unspecified atom stereocenters. The third kappa shape index (κ3) is 4.01. The maximum Gasteiger partial charge on any atom is 0.273 e. The van der Waals surface area contributed by atoms with Gasteiger partial charge in [0.2, 0.25) is 5.95 Å². The van der Waals surface area contributed by atoms with E-state index in [0.29, 0.717) is 24.3 Å². The molecule has 0 bridgehead atoms. The first kappa shape index (κ1) is 20.8. The molecule has 34 heavy (non-hydrogen) atoms. The number of aromatic nitrogens is 2. The minimum Gasteiger partial charge on any atom is -0.368 e. The van der Waals surface area contributed by atoms with Gasteiger partial charge in [0.15, 0.2) is 0 Å². The van der Waals surface area contributed by atoms with E-state index in [2.05, 4.69) is 57.7 Å². The van der Waals surface area contributed by atoms with Gasteiger partial charge in [-0.2, -0.15) is 0 Å². The van der Waals surface area contributed by atoms with Crippen molar-refractivity contribution in [2.45, 2.75) is 32.5 Å². The summed E-state index contributed by atoms with van der Waals surface area (Å²) in [7, 11) is 0. The number of hydrogen-bond acceptors (Lipinski definition) is 5. The predicted molar refractivity (Wildman–Crippen MR) is 134 cm³/mol. The van der Waals surface area contributed by atoms with Gasteiger partial charge in [0.25, 0.3) is 5.91 Å². The highest BCUT2D eigenvalue weighted by Gasteiger charge is 2.27. The minimum atomic E-state index is -0.119. The van der Waals surface area contributed by atoms with Crippen LogP contribution in [0.15, 0.2) is 66.7 Å². The number of benzene rings is 3. The van der Waals surface area contributed by atoms with Gasteiger partial charge in [0.05, 0.1) is 5.52 Å². The number of nitrogens with two attached hydrogens (primary N) is 1. The second-order valence-electron chi connectivity index (χ2n) is 9.32. The first-order valence-corrected chi connectivity index (χ1v) is 11.9. The van der Waals surface area contributed by atoms with Gasteiger partial charge in [-0.3, -0.25) is 4.79 Å². The lowest BCUT2D eigenvalue weighted by Gasteiger charge is -2.17.